The number of hydrogen-bond acceptors (Lipinski definition) is 5. The summed E-state index contributed by atoms with van der Waals surface area (Å²) in [4.78, 5) is 17.6. The summed E-state index contributed by atoms with van der Waals surface area (Å²) in [5, 5.41) is 8.88. The third-order valence-corrected chi connectivity index (χ3v) is 5.96. The molecule has 0 atom stereocenters. The predicted molar refractivity (Wildman–Crippen MR) is 105 cm³/mol. The molecule has 0 unspecified atom stereocenters. The van der Waals surface area contributed by atoms with Gasteiger partial charge in [-0.3, -0.25) is 4.79 Å². The van der Waals surface area contributed by atoms with Crippen LogP contribution < -0.4 is 9.47 Å². The average molecular weight is 382 g/mol. The van der Waals surface area contributed by atoms with Crippen molar-refractivity contribution in [3.05, 3.63) is 47.0 Å². The highest BCUT2D eigenvalue weighted by Gasteiger charge is 2.44. The Hall–Kier alpha value is -2.60. The van der Waals surface area contributed by atoms with Crippen molar-refractivity contribution < 1.29 is 19.4 Å². The molecule has 0 bridgehead atoms. The second-order valence-corrected chi connectivity index (χ2v) is 7.88. The van der Waals surface area contributed by atoms with E-state index in [9.17, 15) is 4.79 Å². The van der Waals surface area contributed by atoms with E-state index < -0.39 is 5.97 Å². The van der Waals surface area contributed by atoms with Crippen molar-refractivity contribution >= 4 is 5.97 Å². The molecule has 1 N–H and O–H groups in total. The number of nitrogens with zero attached hydrogens (tertiary/aromatic N) is 2. The van der Waals surface area contributed by atoms with Crippen molar-refractivity contribution in [3.63, 3.8) is 0 Å². The molecular formula is C22H26N2O4. The number of aryl methyl sites for hydroxylation is 2. The molecule has 3 heterocycles. The number of likely N-dealkylation sites (tertiary alicyclic amines) is 1. The summed E-state index contributed by atoms with van der Waals surface area (Å²) < 4.78 is 12.0. The van der Waals surface area contributed by atoms with Gasteiger partial charge in [0.2, 0.25) is 11.8 Å². The van der Waals surface area contributed by atoms with Crippen LogP contribution in [0.3, 0.4) is 0 Å². The highest BCUT2D eigenvalue weighted by molar-refractivity contribution is 5.66. The summed E-state index contributed by atoms with van der Waals surface area (Å²) in [5.41, 5.74) is 3.29. The number of aromatic nitrogens is 1. The minimum atomic E-state index is -0.740. The average Bonchev–Trinajstić information content (AvgIpc) is 3.02. The van der Waals surface area contributed by atoms with Crippen LogP contribution in [0.4, 0.5) is 0 Å². The van der Waals surface area contributed by atoms with Gasteiger partial charge >= 0.3 is 5.97 Å². The van der Waals surface area contributed by atoms with Crippen LogP contribution in [-0.4, -0.2) is 47.2 Å². The summed E-state index contributed by atoms with van der Waals surface area (Å²) in [5.74, 6) is 1.32. The van der Waals surface area contributed by atoms with E-state index in [-0.39, 0.29) is 11.8 Å². The number of carbonyl (C=O) groups is 1. The van der Waals surface area contributed by atoms with Crippen molar-refractivity contribution in [2.45, 2.75) is 38.5 Å². The molecule has 4 rings (SSSR count). The van der Waals surface area contributed by atoms with Gasteiger partial charge in [-0.1, -0.05) is 18.2 Å². The largest absolute Gasteiger partial charge is 0.481 e. The molecule has 1 fully saturated rings. The smallest absolute Gasteiger partial charge is 0.304 e. The van der Waals surface area contributed by atoms with E-state index in [0.717, 1.165) is 48.4 Å². The maximum Gasteiger partial charge on any atom is 0.304 e. The molecule has 2 aliphatic heterocycles. The number of carboxylic acid groups (broad SMARTS) is 1. The molecule has 2 aromatic rings. The van der Waals surface area contributed by atoms with Gasteiger partial charge in [-0.2, -0.15) is 4.98 Å². The molecule has 148 valence electrons. The normalized spacial score (nSPS) is 17.9. The van der Waals surface area contributed by atoms with Crippen LogP contribution in [0.1, 0.15) is 36.0 Å². The van der Waals surface area contributed by atoms with E-state index >= 15 is 0 Å². The fourth-order valence-electron chi connectivity index (χ4n) is 4.22. The fourth-order valence-corrected chi connectivity index (χ4v) is 4.22. The SMILES string of the molecule is Cc1cccc(C)c1Oc1ccc2c(n1)OCC21CCN(CCC(=O)O)CC1. The highest BCUT2D eigenvalue weighted by atomic mass is 16.5. The molecule has 1 spiro atoms. The number of carboxylic acids is 1. The lowest BCUT2D eigenvalue weighted by atomic mass is 9.75. The number of hydrogen-bond donors (Lipinski definition) is 1. The zero-order chi connectivity index (χ0) is 19.7. The number of benzene rings is 1. The van der Waals surface area contributed by atoms with E-state index in [2.05, 4.69) is 16.0 Å². The molecule has 0 saturated carbocycles. The Morgan fingerprint density at radius 1 is 1.21 bits per heavy atom. The van der Waals surface area contributed by atoms with E-state index in [1.165, 1.54) is 0 Å². The van der Waals surface area contributed by atoms with Crippen LogP contribution in [0.15, 0.2) is 30.3 Å². The first-order chi connectivity index (χ1) is 13.5. The lowest BCUT2D eigenvalue weighted by Crippen LogP contribution is -2.44. The molecular weight excluding hydrogens is 356 g/mol. The van der Waals surface area contributed by atoms with Crippen LogP contribution in [0.5, 0.6) is 17.5 Å². The molecule has 6 heteroatoms. The van der Waals surface area contributed by atoms with Gasteiger partial charge in [0.1, 0.15) is 5.75 Å². The van der Waals surface area contributed by atoms with E-state index in [0.29, 0.717) is 24.9 Å². The number of ether oxygens (including phenoxy) is 2. The minimum Gasteiger partial charge on any atom is -0.481 e. The maximum atomic E-state index is 10.8. The molecule has 1 saturated heterocycles. The van der Waals surface area contributed by atoms with Crippen LogP contribution in [0.25, 0.3) is 0 Å². The summed E-state index contributed by atoms with van der Waals surface area (Å²) in [6.45, 7) is 7.07. The molecule has 1 aromatic heterocycles. The number of rotatable bonds is 5. The Bertz CT molecular complexity index is 868. The van der Waals surface area contributed by atoms with Gasteiger partial charge < -0.3 is 19.5 Å². The molecule has 6 nitrogen and oxygen atoms in total. The lowest BCUT2D eigenvalue weighted by molar-refractivity contribution is -0.137. The minimum absolute atomic E-state index is 0.0147. The van der Waals surface area contributed by atoms with E-state index in [1.807, 2.05) is 38.1 Å². The second kappa shape index (κ2) is 7.43. The Kier molecular flexibility index (Phi) is 4.98. The topological polar surface area (TPSA) is 71.9 Å². The van der Waals surface area contributed by atoms with Crippen LogP contribution in [0.2, 0.25) is 0 Å². The van der Waals surface area contributed by atoms with Gasteiger partial charge in [0, 0.05) is 23.6 Å². The van der Waals surface area contributed by atoms with Crippen molar-refractivity contribution in [3.8, 4) is 17.5 Å². The first-order valence-electron chi connectivity index (χ1n) is 9.79. The van der Waals surface area contributed by atoms with Crippen molar-refractivity contribution in [1.82, 2.24) is 9.88 Å². The molecule has 2 aliphatic rings. The molecule has 28 heavy (non-hydrogen) atoms. The Morgan fingerprint density at radius 3 is 2.61 bits per heavy atom. The second-order valence-electron chi connectivity index (χ2n) is 7.88. The predicted octanol–water partition coefficient (Wildman–Crippen LogP) is 3.69. The fraction of sp³-hybridized carbons (Fsp3) is 0.455. The summed E-state index contributed by atoms with van der Waals surface area (Å²) in [6, 6.07) is 10.1. The zero-order valence-electron chi connectivity index (χ0n) is 16.4. The van der Waals surface area contributed by atoms with Crippen molar-refractivity contribution in [1.29, 1.82) is 0 Å². The first-order valence-corrected chi connectivity index (χ1v) is 9.79. The standard InChI is InChI=1S/C22H26N2O4/c1-15-4-3-5-16(2)20(15)28-18-7-6-17-21(23-18)27-14-22(17)9-12-24(13-10-22)11-8-19(25)26/h3-7H,8-14H2,1-2H3,(H,25,26). The van der Waals surface area contributed by atoms with Crippen LogP contribution in [-0.2, 0) is 10.2 Å². The highest BCUT2D eigenvalue weighted by Crippen LogP contribution is 2.45. The zero-order valence-corrected chi connectivity index (χ0v) is 16.4. The molecule has 0 aliphatic carbocycles. The molecule has 0 amide bonds. The van der Waals surface area contributed by atoms with Gasteiger partial charge in [0.15, 0.2) is 0 Å². The van der Waals surface area contributed by atoms with Crippen LogP contribution in [0, 0.1) is 13.8 Å². The number of piperidine rings is 1. The van der Waals surface area contributed by atoms with Gasteiger partial charge in [-0.15, -0.1) is 0 Å². The molecule has 0 radical (unpaired) electrons. The van der Waals surface area contributed by atoms with E-state index in [4.69, 9.17) is 14.6 Å². The Balaban J connectivity index is 1.48. The number of pyridine rings is 1. The third kappa shape index (κ3) is 3.56. The van der Waals surface area contributed by atoms with Crippen molar-refractivity contribution in [2.75, 3.05) is 26.2 Å². The van der Waals surface area contributed by atoms with Gasteiger partial charge in [-0.25, -0.2) is 0 Å². The lowest BCUT2D eigenvalue weighted by Gasteiger charge is -2.38. The monoisotopic (exact) mass is 382 g/mol. The van der Waals surface area contributed by atoms with Gasteiger partial charge in [0.05, 0.1) is 13.0 Å². The van der Waals surface area contributed by atoms with Gasteiger partial charge in [0.25, 0.3) is 0 Å². The summed E-state index contributed by atoms with van der Waals surface area (Å²) >= 11 is 0. The van der Waals surface area contributed by atoms with Crippen LogP contribution >= 0.6 is 0 Å². The van der Waals surface area contributed by atoms with E-state index in [1.54, 1.807) is 0 Å². The van der Waals surface area contributed by atoms with Gasteiger partial charge in [-0.05, 0) is 57.0 Å². The number of aliphatic carboxylic acids is 1. The molecule has 1 aromatic carbocycles. The Labute approximate surface area is 165 Å². The summed E-state index contributed by atoms with van der Waals surface area (Å²) in [6.07, 6.45) is 2.11. The number of para-hydroxylation sites is 1. The third-order valence-electron chi connectivity index (χ3n) is 5.96. The number of fused-ring (bicyclic) bond motifs is 2. The van der Waals surface area contributed by atoms with Crippen molar-refractivity contribution in [2.24, 2.45) is 0 Å². The first kappa shape index (κ1) is 18.7. The quantitative estimate of drug-likeness (QED) is 0.850. The maximum absolute atomic E-state index is 10.8. The Morgan fingerprint density at radius 2 is 1.93 bits per heavy atom. The summed E-state index contributed by atoms with van der Waals surface area (Å²) in [7, 11) is 0.